The lowest BCUT2D eigenvalue weighted by atomic mass is 9.99. The number of rotatable bonds is 2. The number of hydrogen-bond donors (Lipinski definition) is 1. The summed E-state index contributed by atoms with van der Waals surface area (Å²) in [6.45, 7) is 0.948. The Kier molecular flexibility index (Phi) is 4.17. The lowest BCUT2D eigenvalue weighted by molar-refractivity contribution is -0.134. The van der Waals surface area contributed by atoms with Gasteiger partial charge >= 0.3 is 6.09 Å². The number of likely N-dealkylation sites (tertiary alicyclic amines) is 1. The SMILES string of the molecule is O=C(O)N1CC2CC(C(=O)N3C=CCC3c3cc(F)ccc3F)CC2C1. The maximum absolute atomic E-state index is 14.1. The quantitative estimate of drug-likeness (QED) is 0.877. The number of nitrogens with zero attached hydrogens (tertiary/aromatic N) is 2. The minimum atomic E-state index is -0.911. The molecule has 4 rings (SSSR count). The van der Waals surface area contributed by atoms with Gasteiger partial charge in [-0.2, -0.15) is 0 Å². The van der Waals surface area contributed by atoms with Crippen LogP contribution in [0.4, 0.5) is 13.6 Å². The third-order valence-electron chi connectivity index (χ3n) is 5.90. The molecule has 0 radical (unpaired) electrons. The van der Waals surface area contributed by atoms with Gasteiger partial charge in [-0.1, -0.05) is 6.08 Å². The van der Waals surface area contributed by atoms with Gasteiger partial charge in [0.1, 0.15) is 11.6 Å². The van der Waals surface area contributed by atoms with Gasteiger partial charge in [0.05, 0.1) is 6.04 Å². The molecule has 1 N–H and O–H groups in total. The number of hydrogen-bond acceptors (Lipinski definition) is 2. The Balaban J connectivity index is 1.48. The van der Waals surface area contributed by atoms with E-state index in [0.717, 1.165) is 18.2 Å². The predicted molar refractivity (Wildman–Crippen MR) is 89.0 cm³/mol. The van der Waals surface area contributed by atoms with Crippen molar-refractivity contribution in [1.29, 1.82) is 0 Å². The third kappa shape index (κ3) is 2.85. The van der Waals surface area contributed by atoms with E-state index < -0.39 is 23.8 Å². The highest BCUT2D eigenvalue weighted by Crippen LogP contribution is 2.44. The molecule has 1 saturated carbocycles. The number of carbonyl (C=O) groups is 2. The van der Waals surface area contributed by atoms with Gasteiger partial charge in [-0.25, -0.2) is 13.6 Å². The molecule has 7 heteroatoms. The van der Waals surface area contributed by atoms with Crippen molar-refractivity contribution in [3.8, 4) is 0 Å². The first-order chi connectivity index (χ1) is 12.4. The van der Waals surface area contributed by atoms with Crippen LogP contribution in [0.15, 0.2) is 30.5 Å². The zero-order chi connectivity index (χ0) is 18.4. The zero-order valence-electron chi connectivity index (χ0n) is 14.1. The molecular weight excluding hydrogens is 342 g/mol. The fraction of sp³-hybridized carbons (Fsp3) is 0.474. The van der Waals surface area contributed by atoms with E-state index in [4.69, 9.17) is 5.11 Å². The normalized spacial score (nSPS) is 30.1. The lowest BCUT2D eigenvalue weighted by Gasteiger charge is -2.27. The fourth-order valence-electron chi connectivity index (χ4n) is 4.66. The Morgan fingerprint density at radius 1 is 1.12 bits per heavy atom. The number of halogens is 2. The van der Waals surface area contributed by atoms with E-state index in [-0.39, 0.29) is 29.2 Å². The first-order valence-electron chi connectivity index (χ1n) is 8.85. The molecule has 0 aromatic heterocycles. The molecule has 1 aromatic rings. The molecule has 1 saturated heterocycles. The second-order valence-electron chi connectivity index (χ2n) is 7.42. The van der Waals surface area contributed by atoms with Gasteiger partial charge in [0.2, 0.25) is 5.91 Å². The highest BCUT2D eigenvalue weighted by atomic mass is 19.1. The molecule has 138 valence electrons. The second kappa shape index (κ2) is 6.37. The number of carbonyl (C=O) groups excluding carboxylic acids is 1. The van der Waals surface area contributed by atoms with Gasteiger partial charge in [0.25, 0.3) is 0 Å². The van der Waals surface area contributed by atoms with Gasteiger partial charge in [0.15, 0.2) is 0 Å². The minimum absolute atomic E-state index is 0.0799. The average molecular weight is 362 g/mol. The van der Waals surface area contributed by atoms with Crippen LogP contribution in [0, 0.1) is 29.4 Å². The van der Waals surface area contributed by atoms with E-state index in [1.807, 2.05) is 0 Å². The van der Waals surface area contributed by atoms with E-state index in [9.17, 15) is 18.4 Å². The van der Waals surface area contributed by atoms with Crippen molar-refractivity contribution < 1.29 is 23.5 Å². The molecule has 3 unspecified atom stereocenters. The van der Waals surface area contributed by atoms with E-state index >= 15 is 0 Å². The molecule has 2 fully saturated rings. The fourth-order valence-corrected chi connectivity index (χ4v) is 4.66. The largest absolute Gasteiger partial charge is 0.465 e. The van der Waals surface area contributed by atoms with Crippen molar-refractivity contribution in [3.63, 3.8) is 0 Å². The summed E-state index contributed by atoms with van der Waals surface area (Å²) in [6, 6.07) is 2.79. The molecule has 5 nitrogen and oxygen atoms in total. The smallest absolute Gasteiger partial charge is 0.407 e. The first kappa shape index (κ1) is 17.0. The Morgan fingerprint density at radius 2 is 1.81 bits per heavy atom. The molecule has 3 atom stereocenters. The minimum Gasteiger partial charge on any atom is -0.465 e. The van der Waals surface area contributed by atoms with Crippen LogP contribution in [-0.2, 0) is 4.79 Å². The average Bonchev–Trinajstić information content (AvgIpc) is 3.29. The predicted octanol–water partition coefficient (Wildman–Crippen LogP) is 3.39. The van der Waals surface area contributed by atoms with Crippen LogP contribution in [0.5, 0.6) is 0 Å². The molecule has 0 spiro atoms. The third-order valence-corrected chi connectivity index (χ3v) is 5.90. The van der Waals surface area contributed by atoms with Crippen LogP contribution in [0.3, 0.4) is 0 Å². The van der Waals surface area contributed by atoms with Crippen LogP contribution >= 0.6 is 0 Å². The summed E-state index contributed by atoms with van der Waals surface area (Å²) < 4.78 is 27.7. The molecule has 1 aromatic carbocycles. The van der Waals surface area contributed by atoms with Crippen molar-refractivity contribution in [2.75, 3.05) is 13.1 Å². The molecule has 2 aliphatic heterocycles. The second-order valence-corrected chi connectivity index (χ2v) is 7.42. The molecule has 1 aliphatic carbocycles. The number of amides is 2. The highest BCUT2D eigenvalue weighted by molar-refractivity contribution is 5.81. The van der Waals surface area contributed by atoms with Crippen LogP contribution in [0.1, 0.15) is 30.9 Å². The summed E-state index contributed by atoms with van der Waals surface area (Å²) in [4.78, 5) is 27.0. The van der Waals surface area contributed by atoms with Gasteiger partial charge in [0, 0.05) is 30.8 Å². The Morgan fingerprint density at radius 3 is 2.46 bits per heavy atom. The van der Waals surface area contributed by atoms with Gasteiger partial charge in [-0.05, 0) is 49.3 Å². The number of fused-ring (bicyclic) bond motifs is 1. The highest BCUT2D eigenvalue weighted by Gasteiger charge is 2.46. The van der Waals surface area contributed by atoms with E-state index in [2.05, 4.69) is 0 Å². The van der Waals surface area contributed by atoms with E-state index in [0.29, 0.717) is 32.4 Å². The summed E-state index contributed by atoms with van der Waals surface area (Å²) in [5, 5.41) is 9.10. The summed E-state index contributed by atoms with van der Waals surface area (Å²) in [7, 11) is 0. The lowest BCUT2D eigenvalue weighted by Crippen LogP contribution is -2.34. The first-order valence-corrected chi connectivity index (χ1v) is 8.85. The number of carboxylic acid groups (broad SMARTS) is 1. The molecule has 3 aliphatic rings. The molecule has 2 heterocycles. The Hall–Kier alpha value is -2.44. The topological polar surface area (TPSA) is 60.9 Å². The van der Waals surface area contributed by atoms with Gasteiger partial charge in [-0.15, -0.1) is 0 Å². The van der Waals surface area contributed by atoms with Crippen molar-refractivity contribution in [2.24, 2.45) is 17.8 Å². The molecular formula is C19H20F2N2O3. The summed E-state index contributed by atoms with van der Waals surface area (Å²) in [5.41, 5.74) is 0.193. The Labute approximate surface area is 149 Å². The standard InChI is InChI=1S/C19H20F2N2O3/c20-14-3-4-16(21)15(8-14)17-2-1-5-23(17)18(24)11-6-12-9-22(19(25)26)10-13(12)7-11/h1,3-5,8,11-13,17H,2,6-7,9-10H2,(H,25,26). The molecule has 26 heavy (non-hydrogen) atoms. The van der Waals surface area contributed by atoms with Crippen molar-refractivity contribution in [3.05, 3.63) is 47.7 Å². The number of benzene rings is 1. The zero-order valence-corrected chi connectivity index (χ0v) is 14.1. The summed E-state index contributed by atoms with van der Waals surface area (Å²) >= 11 is 0. The monoisotopic (exact) mass is 362 g/mol. The van der Waals surface area contributed by atoms with Crippen LogP contribution in [0.25, 0.3) is 0 Å². The molecule has 0 bridgehead atoms. The van der Waals surface area contributed by atoms with Crippen LogP contribution < -0.4 is 0 Å². The summed E-state index contributed by atoms with van der Waals surface area (Å²) in [5.74, 6) is -0.901. The van der Waals surface area contributed by atoms with Crippen LogP contribution in [0.2, 0.25) is 0 Å². The van der Waals surface area contributed by atoms with Crippen molar-refractivity contribution >= 4 is 12.0 Å². The van der Waals surface area contributed by atoms with Gasteiger partial charge < -0.3 is 14.9 Å². The van der Waals surface area contributed by atoms with E-state index in [1.54, 1.807) is 12.3 Å². The maximum atomic E-state index is 14.1. The maximum Gasteiger partial charge on any atom is 0.407 e. The molecule has 2 amide bonds. The van der Waals surface area contributed by atoms with E-state index in [1.165, 1.54) is 9.80 Å². The Bertz CT molecular complexity index is 768. The van der Waals surface area contributed by atoms with Crippen LogP contribution in [-0.4, -0.2) is 40.0 Å². The summed E-state index contributed by atoms with van der Waals surface area (Å²) in [6.07, 6.45) is 4.31. The van der Waals surface area contributed by atoms with Crippen molar-refractivity contribution in [2.45, 2.75) is 25.3 Å². The van der Waals surface area contributed by atoms with Gasteiger partial charge in [-0.3, -0.25) is 4.79 Å². The van der Waals surface area contributed by atoms with Crippen molar-refractivity contribution in [1.82, 2.24) is 9.80 Å².